The number of hydrogen-bond donors (Lipinski definition) is 0. The van der Waals surface area contributed by atoms with Crippen LogP contribution in [0, 0.1) is 12.8 Å². The summed E-state index contributed by atoms with van der Waals surface area (Å²) in [6, 6.07) is 8.65. The van der Waals surface area contributed by atoms with Crippen molar-refractivity contribution in [3.05, 3.63) is 41.5 Å². The van der Waals surface area contributed by atoms with Crippen LogP contribution in [0.3, 0.4) is 0 Å². The summed E-state index contributed by atoms with van der Waals surface area (Å²) in [5.41, 5.74) is 2.57. The molecule has 0 aromatic heterocycles. The van der Waals surface area contributed by atoms with Crippen LogP contribution in [0.2, 0.25) is 0 Å². The molecule has 0 aliphatic carbocycles. The van der Waals surface area contributed by atoms with Gasteiger partial charge in [-0.15, -0.1) is 0 Å². The summed E-state index contributed by atoms with van der Waals surface area (Å²) < 4.78 is 0. The van der Waals surface area contributed by atoms with Crippen molar-refractivity contribution in [1.82, 2.24) is 9.80 Å². The molecule has 1 amide bonds. The highest BCUT2D eigenvalue weighted by atomic mass is 16.2. The van der Waals surface area contributed by atoms with Crippen LogP contribution in [-0.4, -0.2) is 48.4 Å². The number of allylic oxidation sites excluding steroid dienone is 1. The molecular formula is C21H30N2O. The number of likely N-dealkylation sites (tertiary alicyclic amines) is 2. The number of nitrogens with zero attached hydrogens (tertiary/aromatic N) is 2. The second-order valence-electron chi connectivity index (χ2n) is 7.32. The van der Waals surface area contributed by atoms with Crippen molar-refractivity contribution < 1.29 is 4.79 Å². The fourth-order valence-electron chi connectivity index (χ4n) is 3.67. The Balaban J connectivity index is 1.43. The molecule has 2 saturated heterocycles. The Kier molecular flexibility index (Phi) is 6.08. The van der Waals surface area contributed by atoms with Gasteiger partial charge in [-0.3, -0.25) is 9.69 Å². The Labute approximate surface area is 146 Å². The van der Waals surface area contributed by atoms with Gasteiger partial charge >= 0.3 is 0 Å². The van der Waals surface area contributed by atoms with Gasteiger partial charge in [0.15, 0.2) is 0 Å². The van der Waals surface area contributed by atoms with Gasteiger partial charge in [0.25, 0.3) is 0 Å². The highest BCUT2D eigenvalue weighted by Crippen LogP contribution is 2.20. The van der Waals surface area contributed by atoms with Gasteiger partial charge in [-0.1, -0.05) is 48.4 Å². The number of piperidine rings is 2. The van der Waals surface area contributed by atoms with Crippen LogP contribution in [0.25, 0.3) is 6.08 Å². The summed E-state index contributed by atoms with van der Waals surface area (Å²) in [5, 5.41) is 0. The zero-order valence-corrected chi connectivity index (χ0v) is 14.9. The van der Waals surface area contributed by atoms with Crippen LogP contribution in [0.4, 0.5) is 0 Å². The summed E-state index contributed by atoms with van der Waals surface area (Å²) in [6.07, 6.45) is 10.6. The second kappa shape index (κ2) is 8.48. The van der Waals surface area contributed by atoms with Crippen LogP contribution in [0.5, 0.6) is 0 Å². The first-order valence-electron chi connectivity index (χ1n) is 9.46. The molecule has 3 rings (SSSR count). The molecule has 0 bridgehead atoms. The van der Waals surface area contributed by atoms with Gasteiger partial charge in [-0.05, 0) is 57.2 Å². The van der Waals surface area contributed by atoms with Crippen LogP contribution in [-0.2, 0) is 4.79 Å². The molecule has 0 spiro atoms. The first-order valence-corrected chi connectivity index (χ1v) is 9.46. The SMILES string of the molecule is Cc1ccc(C=CC2CCN(C(=O)CN3CCCCC3)CC2)cc1. The number of rotatable bonds is 4. The minimum absolute atomic E-state index is 0.331. The topological polar surface area (TPSA) is 23.6 Å². The summed E-state index contributed by atoms with van der Waals surface area (Å²) in [7, 11) is 0. The largest absolute Gasteiger partial charge is 0.342 e. The molecule has 3 heteroatoms. The molecule has 0 N–H and O–H groups in total. The average Bonchev–Trinajstić information content (AvgIpc) is 2.62. The maximum absolute atomic E-state index is 12.5. The van der Waals surface area contributed by atoms with Crippen molar-refractivity contribution >= 4 is 12.0 Å². The average molecular weight is 326 g/mol. The lowest BCUT2D eigenvalue weighted by Crippen LogP contribution is -2.45. The molecule has 0 atom stereocenters. The van der Waals surface area contributed by atoms with Gasteiger partial charge in [-0.25, -0.2) is 0 Å². The van der Waals surface area contributed by atoms with E-state index in [1.807, 2.05) is 0 Å². The van der Waals surface area contributed by atoms with Crippen molar-refractivity contribution in [3.8, 4) is 0 Å². The molecule has 2 aliphatic heterocycles. The van der Waals surface area contributed by atoms with Gasteiger partial charge in [0.1, 0.15) is 0 Å². The maximum atomic E-state index is 12.5. The first kappa shape index (κ1) is 17.2. The number of benzene rings is 1. The summed E-state index contributed by atoms with van der Waals surface area (Å²) in [4.78, 5) is 16.9. The van der Waals surface area contributed by atoms with Crippen LogP contribution < -0.4 is 0 Å². The lowest BCUT2D eigenvalue weighted by atomic mass is 9.95. The second-order valence-corrected chi connectivity index (χ2v) is 7.32. The number of hydrogen-bond acceptors (Lipinski definition) is 2. The third-order valence-corrected chi connectivity index (χ3v) is 5.34. The van der Waals surface area contributed by atoms with E-state index in [9.17, 15) is 4.79 Å². The summed E-state index contributed by atoms with van der Waals surface area (Å²) in [6.45, 7) is 6.77. The van der Waals surface area contributed by atoms with Crippen molar-refractivity contribution in [1.29, 1.82) is 0 Å². The lowest BCUT2D eigenvalue weighted by Gasteiger charge is -2.33. The van der Waals surface area contributed by atoms with Crippen molar-refractivity contribution in [2.24, 2.45) is 5.92 Å². The molecule has 3 nitrogen and oxygen atoms in total. The quantitative estimate of drug-likeness (QED) is 0.841. The van der Waals surface area contributed by atoms with E-state index in [0.29, 0.717) is 18.4 Å². The number of carbonyl (C=O) groups is 1. The van der Waals surface area contributed by atoms with E-state index in [2.05, 4.69) is 53.1 Å². The normalized spacial score (nSPS) is 20.6. The zero-order valence-electron chi connectivity index (χ0n) is 14.9. The molecule has 0 unspecified atom stereocenters. The Morgan fingerprint density at radius 3 is 2.38 bits per heavy atom. The molecule has 24 heavy (non-hydrogen) atoms. The van der Waals surface area contributed by atoms with E-state index >= 15 is 0 Å². The van der Waals surface area contributed by atoms with E-state index in [-0.39, 0.29) is 0 Å². The maximum Gasteiger partial charge on any atom is 0.236 e. The fraction of sp³-hybridized carbons (Fsp3) is 0.571. The minimum Gasteiger partial charge on any atom is -0.342 e. The van der Waals surface area contributed by atoms with Crippen molar-refractivity contribution in [2.75, 3.05) is 32.7 Å². The number of carbonyl (C=O) groups excluding carboxylic acids is 1. The zero-order chi connectivity index (χ0) is 16.8. The molecular weight excluding hydrogens is 296 g/mol. The number of amides is 1. The molecule has 0 saturated carbocycles. The molecule has 1 aromatic carbocycles. The predicted molar refractivity (Wildman–Crippen MR) is 99.8 cm³/mol. The Morgan fingerprint density at radius 2 is 1.71 bits per heavy atom. The van der Waals surface area contributed by atoms with E-state index in [1.165, 1.54) is 30.4 Å². The van der Waals surface area contributed by atoms with Gasteiger partial charge in [0.2, 0.25) is 5.91 Å². The Bertz CT molecular complexity index is 550. The molecule has 2 aliphatic rings. The summed E-state index contributed by atoms with van der Waals surface area (Å²) >= 11 is 0. The van der Waals surface area contributed by atoms with E-state index in [1.54, 1.807) is 0 Å². The van der Waals surface area contributed by atoms with Crippen LogP contribution in [0.1, 0.15) is 43.2 Å². The molecule has 130 valence electrons. The van der Waals surface area contributed by atoms with E-state index < -0.39 is 0 Å². The van der Waals surface area contributed by atoms with Gasteiger partial charge in [0, 0.05) is 13.1 Å². The van der Waals surface area contributed by atoms with Gasteiger partial charge < -0.3 is 4.90 Å². The van der Waals surface area contributed by atoms with Gasteiger partial charge in [0.05, 0.1) is 6.54 Å². The van der Waals surface area contributed by atoms with Crippen molar-refractivity contribution in [3.63, 3.8) is 0 Å². The highest BCUT2D eigenvalue weighted by molar-refractivity contribution is 5.78. The first-order chi connectivity index (χ1) is 11.7. The van der Waals surface area contributed by atoms with E-state index in [4.69, 9.17) is 0 Å². The number of aryl methyl sites for hydroxylation is 1. The predicted octanol–water partition coefficient (Wildman–Crippen LogP) is 3.73. The molecule has 0 radical (unpaired) electrons. The molecule has 2 fully saturated rings. The summed E-state index contributed by atoms with van der Waals surface area (Å²) in [5.74, 6) is 0.934. The molecule has 2 heterocycles. The molecule has 1 aromatic rings. The lowest BCUT2D eigenvalue weighted by molar-refractivity contribution is -0.133. The standard InChI is InChI=1S/C21H30N2O/c1-18-5-7-19(8-6-18)9-10-20-11-15-23(16-12-20)21(24)17-22-13-3-2-4-14-22/h5-10,20H,2-4,11-17H2,1H3. The van der Waals surface area contributed by atoms with Crippen LogP contribution in [0.15, 0.2) is 30.3 Å². The van der Waals surface area contributed by atoms with E-state index in [0.717, 1.165) is 39.0 Å². The van der Waals surface area contributed by atoms with Gasteiger partial charge in [-0.2, -0.15) is 0 Å². The fourth-order valence-corrected chi connectivity index (χ4v) is 3.67. The Morgan fingerprint density at radius 1 is 1.04 bits per heavy atom. The minimum atomic E-state index is 0.331. The third kappa shape index (κ3) is 4.94. The highest BCUT2D eigenvalue weighted by Gasteiger charge is 2.23. The Hall–Kier alpha value is -1.61. The smallest absolute Gasteiger partial charge is 0.236 e. The third-order valence-electron chi connectivity index (χ3n) is 5.34. The van der Waals surface area contributed by atoms with Crippen molar-refractivity contribution in [2.45, 2.75) is 39.0 Å². The monoisotopic (exact) mass is 326 g/mol. The van der Waals surface area contributed by atoms with Crippen LogP contribution >= 0.6 is 0 Å².